The summed E-state index contributed by atoms with van der Waals surface area (Å²) in [7, 11) is -6.78. The molecule has 1 aromatic rings. The average molecular weight is 383 g/mol. The SMILES string of the molecule is CCC1CN(S(=O)(=O)c2c(F)cc(OC)cc2F)CC(C)S1(=O)=O. The van der Waals surface area contributed by atoms with Crippen molar-refractivity contribution >= 4 is 19.9 Å². The summed E-state index contributed by atoms with van der Waals surface area (Å²) >= 11 is 0. The van der Waals surface area contributed by atoms with Crippen LogP contribution in [0.15, 0.2) is 17.0 Å². The first-order valence-electron chi connectivity index (χ1n) is 7.31. The van der Waals surface area contributed by atoms with Crippen LogP contribution in [0.25, 0.3) is 0 Å². The molecule has 2 unspecified atom stereocenters. The summed E-state index contributed by atoms with van der Waals surface area (Å²) in [5.41, 5.74) is 0. The quantitative estimate of drug-likeness (QED) is 0.788. The monoisotopic (exact) mass is 383 g/mol. The van der Waals surface area contributed by atoms with E-state index in [0.29, 0.717) is 0 Å². The van der Waals surface area contributed by atoms with Gasteiger partial charge in [-0.1, -0.05) is 6.92 Å². The van der Waals surface area contributed by atoms with Crippen LogP contribution in [0.3, 0.4) is 0 Å². The van der Waals surface area contributed by atoms with Crippen molar-refractivity contribution in [3.63, 3.8) is 0 Å². The van der Waals surface area contributed by atoms with Gasteiger partial charge in [0.2, 0.25) is 10.0 Å². The van der Waals surface area contributed by atoms with Crippen molar-refractivity contribution in [3.8, 4) is 5.75 Å². The van der Waals surface area contributed by atoms with E-state index in [0.717, 1.165) is 16.4 Å². The van der Waals surface area contributed by atoms with E-state index in [1.165, 1.54) is 14.0 Å². The first-order valence-corrected chi connectivity index (χ1v) is 10.4. The Morgan fingerprint density at radius 1 is 1.25 bits per heavy atom. The molecule has 1 saturated heterocycles. The Kier molecular flexibility index (Phi) is 5.22. The second kappa shape index (κ2) is 6.57. The highest BCUT2D eigenvalue weighted by molar-refractivity contribution is 7.93. The standard InChI is InChI=1S/C14H19F2NO5S2/c1-4-11-8-17(7-9(2)23(11,18)19)24(20,21)14-12(15)5-10(22-3)6-13(14)16/h5-6,9,11H,4,7-8H2,1-3H3. The minimum atomic E-state index is -4.51. The molecular weight excluding hydrogens is 364 g/mol. The van der Waals surface area contributed by atoms with Gasteiger partial charge in [0.15, 0.2) is 14.7 Å². The summed E-state index contributed by atoms with van der Waals surface area (Å²) in [6.07, 6.45) is 0.215. The van der Waals surface area contributed by atoms with Gasteiger partial charge in [-0.3, -0.25) is 0 Å². The van der Waals surface area contributed by atoms with Crippen molar-refractivity contribution in [2.45, 2.75) is 35.7 Å². The molecule has 0 saturated carbocycles. The van der Waals surface area contributed by atoms with Gasteiger partial charge >= 0.3 is 0 Å². The number of rotatable bonds is 4. The third-order valence-electron chi connectivity index (χ3n) is 4.15. The average Bonchev–Trinajstić information content (AvgIpc) is 2.48. The number of methoxy groups -OCH3 is 1. The second-order valence-electron chi connectivity index (χ2n) is 5.67. The molecule has 2 atom stereocenters. The van der Waals surface area contributed by atoms with E-state index in [9.17, 15) is 25.6 Å². The second-order valence-corrected chi connectivity index (χ2v) is 10.2. The number of benzene rings is 1. The van der Waals surface area contributed by atoms with E-state index in [4.69, 9.17) is 4.74 Å². The highest BCUT2D eigenvalue weighted by Gasteiger charge is 2.43. The molecule has 136 valence electrons. The molecular formula is C14H19F2NO5S2. The van der Waals surface area contributed by atoms with Crippen molar-refractivity contribution in [2.24, 2.45) is 0 Å². The molecule has 0 radical (unpaired) electrons. The summed E-state index contributed by atoms with van der Waals surface area (Å²) in [4.78, 5) is -1.09. The largest absolute Gasteiger partial charge is 0.497 e. The lowest BCUT2D eigenvalue weighted by Crippen LogP contribution is -2.53. The topological polar surface area (TPSA) is 80.8 Å². The van der Waals surface area contributed by atoms with Gasteiger partial charge in [-0.05, 0) is 13.3 Å². The summed E-state index contributed by atoms with van der Waals surface area (Å²) in [5.74, 6) is -2.70. The van der Waals surface area contributed by atoms with Gasteiger partial charge in [-0.2, -0.15) is 4.31 Å². The zero-order chi connectivity index (χ0) is 18.3. The molecule has 0 amide bonds. The van der Waals surface area contributed by atoms with Crippen LogP contribution in [0, 0.1) is 11.6 Å². The lowest BCUT2D eigenvalue weighted by atomic mass is 10.3. The molecule has 24 heavy (non-hydrogen) atoms. The van der Waals surface area contributed by atoms with Crippen LogP contribution in [-0.4, -0.2) is 51.8 Å². The number of ether oxygens (including phenoxy) is 1. The molecule has 0 spiro atoms. The van der Waals surface area contributed by atoms with Crippen molar-refractivity contribution in [3.05, 3.63) is 23.8 Å². The highest BCUT2D eigenvalue weighted by Crippen LogP contribution is 2.30. The molecule has 1 aliphatic rings. The van der Waals surface area contributed by atoms with E-state index in [1.807, 2.05) is 0 Å². The predicted octanol–water partition coefficient (Wildman–Crippen LogP) is 1.56. The number of halogens is 2. The zero-order valence-corrected chi connectivity index (χ0v) is 15.1. The molecule has 1 fully saturated rings. The van der Waals surface area contributed by atoms with E-state index >= 15 is 0 Å². The van der Waals surface area contributed by atoms with Crippen LogP contribution < -0.4 is 4.74 Å². The fourth-order valence-electron chi connectivity index (χ4n) is 2.71. The molecule has 10 heteroatoms. The Bertz CT molecular complexity index is 816. The fourth-order valence-corrected chi connectivity index (χ4v) is 6.46. The van der Waals surface area contributed by atoms with E-state index in [-0.39, 0.29) is 25.3 Å². The van der Waals surface area contributed by atoms with Crippen molar-refractivity contribution < 1.29 is 30.4 Å². The first-order chi connectivity index (χ1) is 11.1. The number of nitrogens with zero attached hydrogens (tertiary/aromatic N) is 1. The summed E-state index contributed by atoms with van der Waals surface area (Å²) in [6, 6.07) is 1.55. The molecule has 0 aromatic heterocycles. The molecule has 1 aromatic carbocycles. The lowest BCUT2D eigenvalue weighted by molar-refractivity contribution is 0.369. The Hall–Kier alpha value is -1.26. The van der Waals surface area contributed by atoms with Crippen LogP contribution in [0.1, 0.15) is 20.3 Å². The molecule has 1 aliphatic heterocycles. The van der Waals surface area contributed by atoms with Gasteiger partial charge in [0.05, 0.1) is 17.6 Å². The number of hydrogen-bond acceptors (Lipinski definition) is 5. The Labute approximate surface area is 140 Å². The molecule has 6 nitrogen and oxygen atoms in total. The Balaban J connectivity index is 2.49. The number of hydrogen-bond donors (Lipinski definition) is 0. The van der Waals surface area contributed by atoms with Gasteiger partial charge in [-0.25, -0.2) is 25.6 Å². The van der Waals surface area contributed by atoms with E-state index in [2.05, 4.69) is 0 Å². The van der Waals surface area contributed by atoms with Crippen molar-refractivity contribution in [1.29, 1.82) is 0 Å². The maximum atomic E-state index is 14.1. The third kappa shape index (κ3) is 3.14. The zero-order valence-electron chi connectivity index (χ0n) is 13.5. The first kappa shape index (κ1) is 19.1. The molecule has 0 N–H and O–H groups in total. The van der Waals surface area contributed by atoms with Crippen molar-refractivity contribution in [2.75, 3.05) is 20.2 Å². The van der Waals surface area contributed by atoms with E-state index in [1.54, 1.807) is 6.92 Å². The van der Waals surface area contributed by atoms with E-state index < -0.39 is 46.9 Å². The minimum Gasteiger partial charge on any atom is -0.497 e. The highest BCUT2D eigenvalue weighted by atomic mass is 32.2. The van der Waals surface area contributed by atoms with Crippen LogP contribution in [0.5, 0.6) is 5.75 Å². The molecule has 2 rings (SSSR count). The van der Waals surface area contributed by atoms with Crippen LogP contribution >= 0.6 is 0 Å². The molecule has 1 heterocycles. The summed E-state index contributed by atoms with van der Waals surface area (Å²) in [5, 5.41) is -1.85. The van der Waals surface area contributed by atoms with Gasteiger partial charge in [0.25, 0.3) is 0 Å². The Morgan fingerprint density at radius 3 is 2.25 bits per heavy atom. The Morgan fingerprint density at radius 2 is 1.79 bits per heavy atom. The normalized spacial score (nSPS) is 24.7. The summed E-state index contributed by atoms with van der Waals surface area (Å²) in [6.45, 7) is 2.35. The fraction of sp³-hybridized carbons (Fsp3) is 0.571. The molecule has 0 aliphatic carbocycles. The predicted molar refractivity (Wildman–Crippen MR) is 84.1 cm³/mol. The summed E-state index contributed by atoms with van der Waals surface area (Å²) < 4.78 is 83.5. The number of sulfonamides is 1. The van der Waals surface area contributed by atoms with Gasteiger partial charge in [0.1, 0.15) is 17.4 Å². The maximum Gasteiger partial charge on any atom is 0.249 e. The van der Waals surface area contributed by atoms with Crippen molar-refractivity contribution in [1.82, 2.24) is 4.31 Å². The smallest absolute Gasteiger partial charge is 0.249 e. The van der Waals surface area contributed by atoms with Gasteiger partial charge in [0, 0.05) is 25.2 Å². The van der Waals surface area contributed by atoms with Gasteiger partial charge < -0.3 is 4.74 Å². The third-order valence-corrected chi connectivity index (χ3v) is 8.72. The molecule has 0 bridgehead atoms. The van der Waals surface area contributed by atoms with Crippen LogP contribution in [-0.2, 0) is 19.9 Å². The van der Waals surface area contributed by atoms with Crippen LogP contribution in [0.2, 0.25) is 0 Å². The maximum absolute atomic E-state index is 14.1. The minimum absolute atomic E-state index is 0.148. The number of sulfone groups is 1. The van der Waals surface area contributed by atoms with Crippen LogP contribution in [0.4, 0.5) is 8.78 Å². The van der Waals surface area contributed by atoms with Gasteiger partial charge in [-0.15, -0.1) is 0 Å². The lowest BCUT2D eigenvalue weighted by Gasteiger charge is -2.35.